The lowest BCUT2D eigenvalue weighted by molar-refractivity contribution is 0.0524. The van der Waals surface area contributed by atoms with E-state index < -0.39 is 5.97 Å². The first-order valence-electron chi connectivity index (χ1n) is 7.62. The Morgan fingerprint density at radius 3 is 2.84 bits per heavy atom. The number of aromatic nitrogens is 3. The summed E-state index contributed by atoms with van der Waals surface area (Å²) in [4.78, 5) is 12.5. The Labute approximate surface area is 147 Å². The lowest BCUT2D eigenvalue weighted by Gasteiger charge is -2.12. The van der Waals surface area contributed by atoms with Crippen LogP contribution in [-0.2, 0) is 11.3 Å². The molecule has 2 N–H and O–H groups in total. The maximum atomic E-state index is 12.5. The number of nitrogens with one attached hydrogen (secondary N) is 2. The standard InChI is InChI=1S/C16H15N5O3S/c1-3-20-14-9(8-17)11(10-6-5-7-24-10)12(15(22)23-4-2)13(18)21(14)19-16(20)25/h5-7,18H,3-4H2,1-2H3,(H,19,25). The van der Waals surface area contributed by atoms with Crippen molar-refractivity contribution in [3.63, 3.8) is 0 Å². The van der Waals surface area contributed by atoms with Crippen LogP contribution in [-0.4, -0.2) is 26.8 Å². The van der Waals surface area contributed by atoms with Crippen molar-refractivity contribution in [2.24, 2.45) is 0 Å². The molecule has 128 valence electrons. The number of H-pyrrole nitrogens is 1. The van der Waals surface area contributed by atoms with E-state index in [0.717, 1.165) is 0 Å². The minimum atomic E-state index is -0.701. The van der Waals surface area contributed by atoms with E-state index in [1.54, 1.807) is 23.6 Å². The highest BCUT2D eigenvalue weighted by Crippen LogP contribution is 2.29. The smallest absolute Gasteiger partial charge is 0.342 e. The molecule has 0 unspecified atom stereocenters. The summed E-state index contributed by atoms with van der Waals surface area (Å²) in [7, 11) is 0. The number of nitriles is 1. The summed E-state index contributed by atoms with van der Waals surface area (Å²) >= 11 is 5.28. The van der Waals surface area contributed by atoms with Crippen molar-refractivity contribution in [2.75, 3.05) is 6.61 Å². The molecule has 0 aliphatic rings. The molecular weight excluding hydrogens is 342 g/mol. The zero-order chi connectivity index (χ0) is 18.1. The number of esters is 1. The van der Waals surface area contributed by atoms with Gasteiger partial charge in [-0.25, -0.2) is 9.31 Å². The predicted octanol–water partition coefficient (Wildman–Crippen LogP) is 2.61. The number of nitrogens with zero attached hydrogens (tertiary/aromatic N) is 3. The van der Waals surface area contributed by atoms with Gasteiger partial charge in [0.25, 0.3) is 0 Å². The molecule has 3 aromatic heterocycles. The van der Waals surface area contributed by atoms with Gasteiger partial charge in [-0.15, -0.1) is 0 Å². The molecule has 0 amide bonds. The average molecular weight is 357 g/mol. The van der Waals surface area contributed by atoms with E-state index in [2.05, 4.69) is 11.2 Å². The molecule has 3 rings (SSSR count). The Hall–Kier alpha value is -3.12. The molecule has 8 nitrogen and oxygen atoms in total. The van der Waals surface area contributed by atoms with Crippen molar-refractivity contribution in [3.8, 4) is 17.4 Å². The van der Waals surface area contributed by atoms with E-state index in [1.165, 1.54) is 10.8 Å². The third-order valence-electron chi connectivity index (χ3n) is 3.78. The summed E-state index contributed by atoms with van der Waals surface area (Å²) in [6.07, 6.45) is 1.44. The van der Waals surface area contributed by atoms with Crippen molar-refractivity contribution in [1.29, 1.82) is 10.7 Å². The third-order valence-corrected chi connectivity index (χ3v) is 4.09. The topological polar surface area (TPSA) is 112 Å². The van der Waals surface area contributed by atoms with Gasteiger partial charge in [0, 0.05) is 6.54 Å². The minimum Gasteiger partial charge on any atom is -0.464 e. The third kappa shape index (κ3) is 2.47. The Bertz CT molecular complexity index is 1110. The van der Waals surface area contributed by atoms with Crippen LogP contribution in [0.5, 0.6) is 0 Å². The van der Waals surface area contributed by atoms with Gasteiger partial charge in [-0.2, -0.15) is 5.26 Å². The molecule has 0 aliphatic heterocycles. The van der Waals surface area contributed by atoms with E-state index in [4.69, 9.17) is 26.8 Å². The second-order valence-electron chi connectivity index (χ2n) is 5.10. The van der Waals surface area contributed by atoms with E-state index in [0.29, 0.717) is 22.7 Å². The quantitative estimate of drug-likeness (QED) is 0.550. The number of aromatic amines is 1. The zero-order valence-electron chi connectivity index (χ0n) is 13.6. The Morgan fingerprint density at radius 2 is 2.28 bits per heavy atom. The first-order valence-corrected chi connectivity index (χ1v) is 8.03. The minimum absolute atomic E-state index is 0.0506. The lowest BCUT2D eigenvalue weighted by Crippen LogP contribution is -2.27. The van der Waals surface area contributed by atoms with Crippen LogP contribution in [0.3, 0.4) is 0 Å². The molecule has 0 saturated heterocycles. The second kappa shape index (κ2) is 6.41. The summed E-state index contributed by atoms with van der Waals surface area (Å²) < 4.78 is 13.9. The summed E-state index contributed by atoms with van der Waals surface area (Å²) in [5.41, 5.74) is 0.609. The van der Waals surface area contributed by atoms with Crippen LogP contribution < -0.4 is 5.49 Å². The number of hydrogen-bond donors (Lipinski definition) is 2. The molecule has 3 aromatic rings. The molecule has 0 bridgehead atoms. The molecule has 9 heteroatoms. The number of pyridine rings is 1. The molecule has 0 fully saturated rings. The van der Waals surface area contributed by atoms with Gasteiger partial charge in [-0.05, 0) is 38.2 Å². The molecule has 3 heterocycles. The molecule has 0 saturated carbocycles. The van der Waals surface area contributed by atoms with Crippen LogP contribution in [0.25, 0.3) is 17.0 Å². The van der Waals surface area contributed by atoms with Gasteiger partial charge >= 0.3 is 5.97 Å². The fourth-order valence-corrected chi connectivity index (χ4v) is 3.08. The number of carbonyl (C=O) groups excluding carboxylic acids is 1. The van der Waals surface area contributed by atoms with Crippen LogP contribution in [0.4, 0.5) is 0 Å². The van der Waals surface area contributed by atoms with Crippen molar-refractivity contribution in [2.45, 2.75) is 20.4 Å². The first kappa shape index (κ1) is 16.7. The van der Waals surface area contributed by atoms with Crippen LogP contribution in [0.1, 0.15) is 29.8 Å². The normalized spacial score (nSPS) is 10.8. The molecule has 0 spiro atoms. The predicted molar refractivity (Wildman–Crippen MR) is 90.5 cm³/mol. The maximum absolute atomic E-state index is 12.5. The fraction of sp³-hybridized carbons (Fsp3) is 0.250. The average Bonchev–Trinajstić information content (AvgIpc) is 3.22. The molecule has 0 aromatic carbocycles. The highest BCUT2D eigenvalue weighted by molar-refractivity contribution is 7.71. The van der Waals surface area contributed by atoms with Gasteiger partial charge in [0.15, 0.2) is 15.9 Å². The molecular formula is C16H15N5O3S. The van der Waals surface area contributed by atoms with E-state index in [1.807, 2.05) is 6.92 Å². The van der Waals surface area contributed by atoms with E-state index in [9.17, 15) is 10.1 Å². The largest absolute Gasteiger partial charge is 0.464 e. The highest BCUT2D eigenvalue weighted by atomic mass is 32.1. The van der Waals surface area contributed by atoms with E-state index >= 15 is 0 Å². The molecule has 25 heavy (non-hydrogen) atoms. The Kier molecular flexibility index (Phi) is 4.29. The fourth-order valence-electron chi connectivity index (χ4n) is 2.77. The van der Waals surface area contributed by atoms with Crippen LogP contribution in [0.2, 0.25) is 0 Å². The highest BCUT2D eigenvalue weighted by Gasteiger charge is 2.27. The molecule has 0 aliphatic carbocycles. The second-order valence-corrected chi connectivity index (χ2v) is 5.49. The number of hydrogen-bond acceptors (Lipinski definition) is 6. The SMILES string of the molecule is CCOC(=O)c1c(-c2ccco2)c(C#N)c2n(CC)c(=S)[nH]n2c1=N. The summed E-state index contributed by atoms with van der Waals surface area (Å²) in [6, 6.07) is 5.40. The maximum Gasteiger partial charge on any atom is 0.342 e. The monoisotopic (exact) mass is 357 g/mol. The first-order chi connectivity index (χ1) is 12.0. The van der Waals surface area contributed by atoms with Crippen LogP contribution >= 0.6 is 12.2 Å². The molecule has 0 radical (unpaired) electrons. The number of rotatable bonds is 4. The van der Waals surface area contributed by atoms with Crippen molar-refractivity contribution in [1.82, 2.24) is 14.2 Å². The van der Waals surface area contributed by atoms with Gasteiger partial charge in [0.05, 0.1) is 18.4 Å². The van der Waals surface area contributed by atoms with Crippen LogP contribution in [0, 0.1) is 21.5 Å². The Morgan fingerprint density at radius 1 is 1.52 bits per heavy atom. The Balaban J connectivity index is 2.58. The van der Waals surface area contributed by atoms with Crippen molar-refractivity contribution < 1.29 is 13.9 Å². The summed E-state index contributed by atoms with van der Waals surface area (Å²) in [5.74, 6) is -0.390. The van der Waals surface area contributed by atoms with Gasteiger partial charge in [0.1, 0.15) is 23.0 Å². The number of fused-ring (bicyclic) bond motifs is 1. The summed E-state index contributed by atoms with van der Waals surface area (Å²) in [5, 5.41) is 21.1. The number of carbonyl (C=O) groups is 1. The number of aryl methyl sites for hydroxylation is 1. The van der Waals surface area contributed by atoms with Crippen molar-refractivity contribution >= 4 is 23.8 Å². The van der Waals surface area contributed by atoms with Gasteiger partial charge < -0.3 is 13.7 Å². The van der Waals surface area contributed by atoms with Gasteiger partial charge in [0.2, 0.25) is 0 Å². The number of furan rings is 1. The zero-order valence-corrected chi connectivity index (χ0v) is 14.4. The lowest BCUT2D eigenvalue weighted by atomic mass is 10.0. The van der Waals surface area contributed by atoms with Gasteiger partial charge in [-0.1, -0.05) is 0 Å². The van der Waals surface area contributed by atoms with Gasteiger partial charge in [-0.3, -0.25) is 10.5 Å². The summed E-state index contributed by atoms with van der Waals surface area (Å²) in [6.45, 7) is 4.19. The van der Waals surface area contributed by atoms with Crippen molar-refractivity contribution in [3.05, 3.63) is 39.8 Å². The van der Waals surface area contributed by atoms with Crippen LogP contribution in [0.15, 0.2) is 22.8 Å². The number of ether oxygens (including phenoxy) is 1. The molecule has 0 atom stereocenters. The van der Waals surface area contributed by atoms with E-state index in [-0.39, 0.29) is 28.8 Å².